The molecule has 2 aliphatic rings. The topological polar surface area (TPSA) is 45.7 Å². The highest BCUT2D eigenvalue weighted by molar-refractivity contribution is 7.09. The number of methoxy groups -OCH3 is 1. The summed E-state index contributed by atoms with van der Waals surface area (Å²) >= 11 is 1.75. The van der Waals surface area contributed by atoms with Gasteiger partial charge in [0.05, 0.1) is 16.1 Å². The molecule has 3 heterocycles. The first-order valence-corrected chi connectivity index (χ1v) is 9.99. The van der Waals surface area contributed by atoms with Crippen molar-refractivity contribution in [1.82, 2.24) is 14.8 Å². The van der Waals surface area contributed by atoms with Gasteiger partial charge in [0.15, 0.2) is 0 Å². The smallest absolute Gasteiger partial charge is 0.230 e. The number of nitrogens with zero attached hydrogens (tertiary/aromatic N) is 3. The molecule has 0 aliphatic carbocycles. The molecule has 0 N–H and O–H groups in total. The largest absolute Gasteiger partial charge is 0.385 e. The number of hydrogen-bond donors (Lipinski definition) is 0. The Morgan fingerprint density at radius 2 is 2.25 bits per heavy atom. The number of likely N-dealkylation sites (tertiary alicyclic amines) is 2. The minimum Gasteiger partial charge on any atom is -0.385 e. The van der Waals surface area contributed by atoms with E-state index in [1.54, 1.807) is 18.4 Å². The third-order valence-electron chi connectivity index (χ3n) is 5.32. The summed E-state index contributed by atoms with van der Waals surface area (Å²) in [6.07, 6.45) is 5.10. The van der Waals surface area contributed by atoms with Crippen LogP contribution in [0.25, 0.3) is 0 Å². The fourth-order valence-electron chi connectivity index (χ4n) is 4.05. The molecule has 2 aliphatic heterocycles. The summed E-state index contributed by atoms with van der Waals surface area (Å²) in [5.74, 6) is 0.375. The lowest BCUT2D eigenvalue weighted by atomic mass is 9.78. The zero-order valence-corrected chi connectivity index (χ0v) is 15.7. The SMILES string of the molecule is CCc1nc(CN2CC[C@]3(CCCN(CCCOC)C3=O)C2)cs1. The second kappa shape index (κ2) is 7.93. The lowest BCUT2D eigenvalue weighted by Crippen LogP contribution is -2.50. The molecule has 2 saturated heterocycles. The van der Waals surface area contributed by atoms with E-state index in [1.807, 2.05) is 0 Å². The summed E-state index contributed by atoms with van der Waals surface area (Å²) in [6, 6.07) is 0. The normalized spacial score (nSPS) is 25.1. The number of rotatable bonds is 7. The molecule has 2 fully saturated rings. The summed E-state index contributed by atoms with van der Waals surface area (Å²) in [5, 5.41) is 3.38. The molecule has 0 radical (unpaired) electrons. The van der Waals surface area contributed by atoms with Crippen molar-refractivity contribution in [1.29, 1.82) is 0 Å². The van der Waals surface area contributed by atoms with Crippen LogP contribution >= 0.6 is 11.3 Å². The van der Waals surface area contributed by atoms with Crippen LogP contribution in [0.4, 0.5) is 0 Å². The molecule has 1 aromatic heterocycles. The maximum atomic E-state index is 13.0. The summed E-state index contributed by atoms with van der Waals surface area (Å²) in [6.45, 7) is 7.41. The molecule has 1 aromatic rings. The van der Waals surface area contributed by atoms with Crippen molar-refractivity contribution in [3.05, 3.63) is 16.1 Å². The van der Waals surface area contributed by atoms with Crippen molar-refractivity contribution >= 4 is 17.2 Å². The maximum Gasteiger partial charge on any atom is 0.230 e. The van der Waals surface area contributed by atoms with Crippen LogP contribution in [0.3, 0.4) is 0 Å². The standard InChI is InChI=1S/C18H29N3O2S/c1-3-16-19-15(13-24-16)12-20-10-7-18(14-20)6-4-8-21(17(18)22)9-5-11-23-2/h13H,3-12,14H2,1-2H3/t18-/m1/s1. The average Bonchev–Trinajstić information content (AvgIpc) is 3.20. The number of carbonyl (C=O) groups is 1. The molecular weight excluding hydrogens is 322 g/mol. The predicted molar refractivity (Wildman–Crippen MR) is 96.1 cm³/mol. The molecule has 5 nitrogen and oxygen atoms in total. The van der Waals surface area contributed by atoms with E-state index < -0.39 is 0 Å². The molecular formula is C18H29N3O2S. The van der Waals surface area contributed by atoms with Gasteiger partial charge in [0.2, 0.25) is 5.91 Å². The molecule has 0 saturated carbocycles. The van der Waals surface area contributed by atoms with Crippen LogP contribution in [0, 0.1) is 5.41 Å². The van der Waals surface area contributed by atoms with Gasteiger partial charge in [-0.2, -0.15) is 0 Å². The molecule has 24 heavy (non-hydrogen) atoms. The quantitative estimate of drug-likeness (QED) is 0.708. The Hall–Kier alpha value is -0.980. The number of piperidine rings is 1. The van der Waals surface area contributed by atoms with Gasteiger partial charge in [-0.3, -0.25) is 9.69 Å². The van der Waals surface area contributed by atoms with Crippen LogP contribution in [-0.2, 0) is 22.5 Å². The van der Waals surface area contributed by atoms with Gasteiger partial charge in [0.1, 0.15) is 0 Å². The third kappa shape index (κ3) is 3.81. The van der Waals surface area contributed by atoms with Crippen molar-refractivity contribution in [2.24, 2.45) is 5.41 Å². The van der Waals surface area contributed by atoms with Gasteiger partial charge in [0.25, 0.3) is 0 Å². The Bertz CT molecular complexity index is 562. The van der Waals surface area contributed by atoms with Gasteiger partial charge in [-0.15, -0.1) is 11.3 Å². The molecule has 3 rings (SSSR count). The highest BCUT2D eigenvalue weighted by Gasteiger charge is 2.48. The second-order valence-electron chi connectivity index (χ2n) is 7.07. The zero-order valence-electron chi connectivity index (χ0n) is 14.9. The molecule has 1 spiro atoms. The number of carbonyl (C=O) groups excluding carboxylic acids is 1. The van der Waals surface area contributed by atoms with E-state index in [1.165, 1.54) is 5.01 Å². The van der Waals surface area contributed by atoms with Crippen molar-refractivity contribution in [3.8, 4) is 0 Å². The van der Waals surface area contributed by atoms with Crippen LogP contribution < -0.4 is 0 Å². The zero-order chi connectivity index (χ0) is 17.0. The van der Waals surface area contributed by atoms with Crippen molar-refractivity contribution in [2.45, 2.75) is 45.6 Å². The lowest BCUT2D eigenvalue weighted by molar-refractivity contribution is -0.145. The summed E-state index contributed by atoms with van der Waals surface area (Å²) in [4.78, 5) is 22.2. The van der Waals surface area contributed by atoms with E-state index >= 15 is 0 Å². The van der Waals surface area contributed by atoms with Gasteiger partial charge in [-0.05, 0) is 38.6 Å². The first-order chi connectivity index (χ1) is 11.7. The molecule has 1 amide bonds. The monoisotopic (exact) mass is 351 g/mol. The minimum absolute atomic E-state index is 0.144. The van der Waals surface area contributed by atoms with Gasteiger partial charge in [-0.1, -0.05) is 6.92 Å². The van der Waals surface area contributed by atoms with Crippen LogP contribution in [0.15, 0.2) is 5.38 Å². The lowest BCUT2D eigenvalue weighted by Gasteiger charge is -2.39. The van der Waals surface area contributed by atoms with E-state index in [-0.39, 0.29) is 5.41 Å². The Morgan fingerprint density at radius 1 is 1.38 bits per heavy atom. The van der Waals surface area contributed by atoms with Gasteiger partial charge in [-0.25, -0.2) is 4.98 Å². The molecule has 134 valence electrons. The van der Waals surface area contributed by atoms with E-state index in [0.717, 1.165) is 77.1 Å². The Morgan fingerprint density at radius 3 is 3.00 bits per heavy atom. The number of aryl methyl sites for hydroxylation is 1. The molecule has 0 aromatic carbocycles. The second-order valence-corrected chi connectivity index (χ2v) is 8.01. The molecule has 0 bridgehead atoms. The van der Waals surface area contributed by atoms with Crippen LogP contribution in [0.1, 0.15) is 43.3 Å². The predicted octanol–water partition coefficient (Wildman–Crippen LogP) is 2.56. The number of ether oxygens (including phenoxy) is 1. The van der Waals surface area contributed by atoms with Crippen molar-refractivity contribution < 1.29 is 9.53 Å². The highest BCUT2D eigenvalue weighted by atomic mass is 32.1. The maximum absolute atomic E-state index is 13.0. The number of hydrogen-bond acceptors (Lipinski definition) is 5. The third-order valence-corrected chi connectivity index (χ3v) is 6.36. The van der Waals surface area contributed by atoms with E-state index in [9.17, 15) is 4.79 Å². The Labute approximate surface area is 149 Å². The number of amides is 1. The van der Waals surface area contributed by atoms with Gasteiger partial charge in [0, 0.05) is 45.3 Å². The van der Waals surface area contributed by atoms with Gasteiger partial charge >= 0.3 is 0 Å². The first-order valence-electron chi connectivity index (χ1n) is 9.11. The van der Waals surface area contributed by atoms with Crippen LogP contribution in [-0.4, -0.2) is 60.6 Å². The summed E-state index contributed by atoms with van der Waals surface area (Å²) < 4.78 is 5.13. The van der Waals surface area contributed by atoms with Crippen LogP contribution in [0.5, 0.6) is 0 Å². The Kier molecular flexibility index (Phi) is 5.89. The van der Waals surface area contributed by atoms with Crippen molar-refractivity contribution in [2.75, 3.05) is 39.9 Å². The minimum atomic E-state index is -0.144. The van der Waals surface area contributed by atoms with Crippen LogP contribution in [0.2, 0.25) is 0 Å². The molecule has 1 atom stereocenters. The molecule has 0 unspecified atom stereocenters. The fraction of sp³-hybridized carbons (Fsp3) is 0.778. The average molecular weight is 352 g/mol. The summed E-state index contributed by atoms with van der Waals surface area (Å²) in [7, 11) is 1.72. The van der Waals surface area contributed by atoms with E-state index in [4.69, 9.17) is 4.74 Å². The number of aromatic nitrogens is 1. The first kappa shape index (κ1) is 17.8. The fourth-order valence-corrected chi connectivity index (χ4v) is 4.79. The summed E-state index contributed by atoms with van der Waals surface area (Å²) in [5.41, 5.74) is 1.02. The van der Waals surface area contributed by atoms with E-state index in [2.05, 4.69) is 27.1 Å². The Balaban J connectivity index is 1.58. The van der Waals surface area contributed by atoms with Crippen molar-refractivity contribution in [3.63, 3.8) is 0 Å². The van der Waals surface area contributed by atoms with Gasteiger partial charge < -0.3 is 9.64 Å². The molecule has 6 heteroatoms. The van der Waals surface area contributed by atoms with E-state index in [0.29, 0.717) is 5.91 Å². The number of thiazole rings is 1. The highest BCUT2D eigenvalue weighted by Crippen LogP contribution is 2.40.